The van der Waals surface area contributed by atoms with Crippen molar-refractivity contribution in [2.45, 2.75) is 19.0 Å². The van der Waals surface area contributed by atoms with Crippen LogP contribution in [0, 0.1) is 0 Å². The van der Waals surface area contributed by atoms with Crippen molar-refractivity contribution in [3.63, 3.8) is 0 Å². The summed E-state index contributed by atoms with van der Waals surface area (Å²) in [6.07, 6.45) is 5.30. The van der Waals surface area contributed by atoms with E-state index in [1.165, 1.54) is 6.08 Å². The van der Waals surface area contributed by atoms with Crippen molar-refractivity contribution in [1.82, 2.24) is 10.6 Å². The van der Waals surface area contributed by atoms with Crippen LogP contribution in [0.4, 0.5) is 0 Å². The van der Waals surface area contributed by atoms with Crippen LogP contribution in [0.2, 0.25) is 0 Å². The fraction of sp³-hybridized carbons (Fsp3) is 0.292. The molecule has 0 aromatic heterocycles. The van der Waals surface area contributed by atoms with Gasteiger partial charge in [-0.15, -0.1) is 0 Å². The summed E-state index contributed by atoms with van der Waals surface area (Å²) in [5, 5.41) is 5.35. The molecule has 0 radical (unpaired) electrons. The molecule has 170 valence electrons. The Kier molecular flexibility index (Phi) is 10.9. The van der Waals surface area contributed by atoms with E-state index in [2.05, 4.69) is 10.6 Å². The zero-order valence-electron chi connectivity index (χ0n) is 18.2. The van der Waals surface area contributed by atoms with E-state index in [4.69, 9.17) is 9.47 Å². The maximum absolute atomic E-state index is 12.4. The van der Waals surface area contributed by atoms with Crippen molar-refractivity contribution < 1.29 is 23.9 Å². The molecule has 1 unspecified atom stereocenters. The average Bonchev–Trinajstić information content (AvgIpc) is 2.83. The van der Waals surface area contributed by atoms with Crippen LogP contribution in [-0.4, -0.2) is 49.6 Å². The number of hydrogen-bond acceptors (Lipinski definition) is 6. The Morgan fingerprint density at radius 3 is 2.44 bits per heavy atom. The summed E-state index contributed by atoms with van der Waals surface area (Å²) in [7, 11) is 1.58. The Morgan fingerprint density at radius 2 is 1.78 bits per heavy atom. The first-order valence-corrected chi connectivity index (χ1v) is 11.5. The number of nitrogens with one attached hydrogen (secondary N) is 2. The summed E-state index contributed by atoms with van der Waals surface area (Å²) in [4.78, 5) is 36.7. The Hall–Kier alpha value is -3.26. The molecule has 32 heavy (non-hydrogen) atoms. The summed E-state index contributed by atoms with van der Waals surface area (Å²) in [5.74, 6) is -0.0871. The lowest BCUT2D eigenvalue weighted by atomic mass is 10.2. The number of esters is 1. The van der Waals surface area contributed by atoms with E-state index in [9.17, 15) is 14.4 Å². The molecule has 2 rings (SSSR count). The van der Waals surface area contributed by atoms with Gasteiger partial charge < -0.3 is 20.1 Å². The summed E-state index contributed by atoms with van der Waals surface area (Å²) in [5.41, 5.74) is 1.76. The number of thioether (sulfide) groups is 1. The quantitative estimate of drug-likeness (QED) is 0.377. The van der Waals surface area contributed by atoms with Crippen molar-refractivity contribution in [3.8, 4) is 5.75 Å². The van der Waals surface area contributed by atoms with Gasteiger partial charge in [0.15, 0.2) is 6.61 Å². The van der Waals surface area contributed by atoms with Gasteiger partial charge in [-0.3, -0.25) is 9.59 Å². The lowest BCUT2D eigenvalue weighted by Crippen LogP contribution is -2.42. The predicted molar refractivity (Wildman–Crippen MR) is 126 cm³/mol. The highest BCUT2D eigenvalue weighted by molar-refractivity contribution is 7.98. The molecule has 2 amide bonds. The minimum Gasteiger partial charge on any atom is -0.497 e. The topological polar surface area (TPSA) is 93.7 Å². The normalized spacial score (nSPS) is 11.6. The molecule has 0 aliphatic heterocycles. The zero-order chi connectivity index (χ0) is 23.2. The summed E-state index contributed by atoms with van der Waals surface area (Å²) >= 11 is 1.55. The second kappa shape index (κ2) is 13.9. The van der Waals surface area contributed by atoms with Gasteiger partial charge in [0.25, 0.3) is 5.91 Å². The van der Waals surface area contributed by atoms with Crippen LogP contribution >= 0.6 is 11.8 Å². The van der Waals surface area contributed by atoms with E-state index in [1.54, 1.807) is 37.1 Å². The van der Waals surface area contributed by atoms with Crippen molar-refractivity contribution in [3.05, 3.63) is 71.8 Å². The first-order chi connectivity index (χ1) is 15.5. The zero-order valence-corrected chi connectivity index (χ0v) is 19.0. The summed E-state index contributed by atoms with van der Waals surface area (Å²) < 4.78 is 10.2. The Bertz CT molecular complexity index is 900. The SMILES string of the molecule is COc1ccc(C=CC(=O)NC(CCSC)C(=O)OCC(=O)NCc2ccccc2)cc1. The molecule has 0 aliphatic rings. The van der Waals surface area contributed by atoms with Crippen LogP contribution in [0.5, 0.6) is 5.75 Å². The number of benzene rings is 2. The van der Waals surface area contributed by atoms with E-state index >= 15 is 0 Å². The molecule has 2 N–H and O–H groups in total. The van der Waals surface area contributed by atoms with E-state index in [0.717, 1.165) is 16.9 Å². The van der Waals surface area contributed by atoms with Crippen LogP contribution in [0.25, 0.3) is 6.08 Å². The number of hydrogen-bond donors (Lipinski definition) is 2. The van der Waals surface area contributed by atoms with Gasteiger partial charge in [0, 0.05) is 12.6 Å². The molecule has 8 heteroatoms. The fourth-order valence-electron chi connectivity index (χ4n) is 2.68. The third-order valence-electron chi connectivity index (χ3n) is 4.43. The third-order valence-corrected chi connectivity index (χ3v) is 5.08. The molecule has 0 saturated heterocycles. The molecule has 2 aromatic carbocycles. The van der Waals surface area contributed by atoms with Gasteiger partial charge in [0.05, 0.1) is 7.11 Å². The molecule has 0 saturated carbocycles. The standard InChI is InChI=1S/C24H28N2O5S/c1-30-20-11-8-18(9-12-20)10-13-22(27)26-21(14-15-32-2)24(29)31-17-23(28)25-16-19-6-4-3-5-7-19/h3-13,21H,14-17H2,1-2H3,(H,25,28)(H,26,27). The molecule has 1 atom stereocenters. The maximum Gasteiger partial charge on any atom is 0.329 e. The van der Waals surface area contributed by atoms with Crippen molar-refractivity contribution in [2.24, 2.45) is 0 Å². The maximum atomic E-state index is 12.4. The summed E-state index contributed by atoms with van der Waals surface area (Å²) in [6, 6.07) is 15.8. The highest BCUT2D eigenvalue weighted by atomic mass is 32.2. The predicted octanol–water partition coefficient (Wildman–Crippen LogP) is 2.81. The van der Waals surface area contributed by atoms with E-state index in [-0.39, 0.29) is 0 Å². The molecule has 0 bridgehead atoms. The lowest BCUT2D eigenvalue weighted by Gasteiger charge is -2.16. The fourth-order valence-corrected chi connectivity index (χ4v) is 3.15. The van der Waals surface area contributed by atoms with Crippen LogP contribution in [0.15, 0.2) is 60.7 Å². The minimum atomic E-state index is -0.836. The second-order valence-electron chi connectivity index (χ2n) is 6.82. The lowest BCUT2D eigenvalue weighted by molar-refractivity contribution is -0.151. The van der Waals surface area contributed by atoms with Crippen LogP contribution in [0.1, 0.15) is 17.5 Å². The number of methoxy groups -OCH3 is 1. The molecule has 0 fully saturated rings. The largest absolute Gasteiger partial charge is 0.497 e. The molecule has 2 aromatic rings. The van der Waals surface area contributed by atoms with Crippen molar-refractivity contribution in [1.29, 1.82) is 0 Å². The van der Waals surface area contributed by atoms with Crippen LogP contribution in [-0.2, 0) is 25.7 Å². The van der Waals surface area contributed by atoms with Crippen molar-refractivity contribution in [2.75, 3.05) is 25.7 Å². The van der Waals surface area contributed by atoms with Gasteiger partial charge in [0.1, 0.15) is 11.8 Å². The van der Waals surface area contributed by atoms with Gasteiger partial charge in [-0.05, 0) is 47.8 Å². The van der Waals surface area contributed by atoms with Gasteiger partial charge >= 0.3 is 5.97 Å². The third kappa shape index (κ3) is 9.26. The van der Waals surface area contributed by atoms with Gasteiger partial charge in [-0.2, -0.15) is 11.8 Å². The Morgan fingerprint density at radius 1 is 1.06 bits per heavy atom. The second-order valence-corrected chi connectivity index (χ2v) is 7.80. The van der Waals surface area contributed by atoms with Crippen LogP contribution < -0.4 is 15.4 Å². The number of ether oxygens (including phenoxy) is 2. The number of amides is 2. The average molecular weight is 457 g/mol. The number of carbonyl (C=O) groups is 3. The van der Waals surface area contributed by atoms with Crippen LogP contribution in [0.3, 0.4) is 0 Å². The smallest absolute Gasteiger partial charge is 0.329 e. The minimum absolute atomic E-state index is 0.347. The monoisotopic (exact) mass is 456 g/mol. The highest BCUT2D eigenvalue weighted by Crippen LogP contribution is 2.12. The van der Waals surface area contributed by atoms with Crippen molar-refractivity contribution >= 4 is 35.6 Å². The first-order valence-electron chi connectivity index (χ1n) is 10.1. The number of rotatable bonds is 12. The first kappa shape index (κ1) is 25.0. The molecular weight excluding hydrogens is 428 g/mol. The molecule has 0 heterocycles. The highest BCUT2D eigenvalue weighted by Gasteiger charge is 2.22. The molecule has 0 aliphatic carbocycles. The number of carbonyl (C=O) groups excluding carboxylic acids is 3. The van der Waals surface area contributed by atoms with E-state index in [1.807, 2.05) is 48.7 Å². The molecule has 0 spiro atoms. The molecular formula is C24H28N2O5S. The summed E-state index contributed by atoms with van der Waals surface area (Å²) in [6.45, 7) is -0.0565. The van der Waals surface area contributed by atoms with Gasteiger partial charge in [-0.25, -0.2) is 4.79 Å². The molecule has 7 nitrogen and oxygen atoms in total. The Labute approximate surface area is 192 Å². The van der Waals surface area contributed by atoms with Gasteiger partial charge in [-0.1, -0.05) is 42.5 Å². The van der Waals surface area contributed by atoms with E-state index < -0.39 is 30.4 Å². The van der Waals surface area contributed by atoms with E-state index in [0.29, 0.717) is 18.7 Å². The van der Waals surface area contributed by atoms with Gasteiger partial charge in [0.2, 0.25) is 5.91 Å². The Balaban J connectivity index is 1.84.